The maximum Gasteiger partial charge on any atom is 0.305 e. The van der Waals surface area contributed by atoms with Gasteiger partial charge in [0.25, 0.3) is 0 Å². The molecule has 1 atom stereocenters. The SMILES string of the molecule is CCCCCCCC(C)CCCCCCCCCCCCCC(=O)OC. The third kappa shape index (κ3) is 19.8. The van der Waals surface area contributed by atoms with Crippen molar-refractivity contribution in [3.8, 4) is 0 Å². The Kier molecular flexibility index (Phi) is 20.4. The highest BCUT2D eigenvalue weighted by molar-refractivity contribution is 5.68. The molecule has 1 unspecified atom stereocenters. The molecule has 0 aromatic heterocycles. The summed E-state index contributed by atoms with van der Waals surface area (Å²) in [5.74, 6) is 0.877. The minimum atomic E-state index is -0.0635. The van der Waals surface area contributed by atoms with Crippen LogP contribution in [0.4, 0.5) is 0 Å². The van der Waals surface area contributed by atoms with E-state index in [-0.39, 0.29) is 5.97 Å². The van der Waals surface area contributed by atoms with Crippen LogP contribution in [0.25, 0.3) is 0 Å². The van der Waals surface area contributed by atoms with Crippen LogP contribution in [0.15, 0.2) is 0 Å². The van der Waals surface area contributed by atoms with Gasteiger partial charge in [-0.1, -0.05) is 123 Å². The van der Waals surface area contributed by atoms with Gasteiger partial charge in [0.15, 0.2) is 0 Å². The summed E-state index contributed by atoms with van der Waals surface area (Å²) >= 11 is 0. The van der Waals surface area contributed by atoms with Crippen LogP contribution >= 0.6 is 0 Å². The van der Waals surface area contributed by atoms with Crippen LogP contribution in [0.2, 0.25) is 0 Å². The van der Waals surface area contributed by atoms with Crippen molar-refractivity contribution in [2.45, 2.75) is 136 Å². The van der Waals surface area contributed by atoms with Gasteiger partial charge in [-0.05, 0) is 12.3 Å². The van der Waals surface area contributed by atoms with Crippen molar-refractivity contribution in [3.63, 3.8) is 0 Å². The van der Waals surface area contributed by atoms with Crippen LogP contribution in [-0.4, -0.2) is 13.1 Å². The molecule has 0 aliphatic rings. The van der Waals surface area contributed by atoms with Crippen molar-refractivity contribution in [1.29, 1.82) is 0 Å². The Hall–Kier alpha value is -0.530. The first kappa shape index (κ1) is 25.5. The molecule has 0 heterocycles. The minimum absolute atomic E-state index is 0.0635. The van der Waals surface area contributed by atoms with Crippen LogP contribution in [-0.2, 0) is 9.53 Å². The molecule has 0 aromatic carbocycles. The van der Waals surface area contributed by atoms with Gasteiger partial charge in [-0.3, -0.25) is 4.79 Å². The van der Waals surface area contributed by atoms with E-state index in [0.717, 1.165) is 12.3 Å². The van der Waals surface area contributed by atoms with Crippen molar-refractivity contribution in [2.24, 2.45) is 5.92 Å². The number of ether oxygens (including phenoxy) is 1. The Labute approximate surface area is 164 Å². The average molecular weight is 369 g/mol. The second-order valence-corrected chi connectivity index (χ2v) is 8.31. The number of rotatable bonds is 20. The van der Waals surface area contributed by atoms with Gasteiger partial charge in [-0.2, -0.15) is 0 Å². The summed E-state index contributed by atoms with van der Waals surface area (Å²) < 4.78 is 4.65. The van der Waals surface area contributed by atoms with E-state index >= 15 is 0 Å². The first-order chi connectivity index (χ1) is 12.7. The van der Waals surface area contributed by atoms with Gasteiger partial charge in [0.1, 0.15) is 0 Å². The molecule has 26 heavy (non-hydrogen) atoms. The second kappa shape index (κ2) is 20.8. The molecule has 0 spiro atoms. The number of esters is 1. The van der Waals surface area contributed by atoms with Crippen LogP contribution in [0.5, 0.6) is 0 Å². The molecule has 0 saturated heterocycles. The number of hydrogen-bond donors (Lipinski definition) is 0. The van der Waals surface area contributed by atoms with E-state index < -0.39 is 0 Å². The van der Waals surface area contributed by atoms with Crippen LogP contribution < -0.4 is 0 Å². The minimum Gasteiger partial charge on any atom is -0.469 e. The highest BCUT2D eigenvalue weighted by atomic mass is 16.5. The van der Waals surface area contributed by atoms with Gasteiger partial charge in [-0.25, -0.2) is 0 Å². The van der Waals surface area contributed by atoms with Crippen LogP contribution in [0.1, 0.15) is 136 Å². The van der Waals surface area contributed by atoms with E-state index in [1.807, 2.05) is 0 Å². The zero-order valence-electron chi connectivity index (χ0n) is 18.3. The Morgan fingerprint density at radius 2 is 1.04 bits per heavy atom. The fourth-order valence-corrected chi connectivity index (χ4v) is 3.70. The lowest BCUT2D eigenvalue weighted by atomic mass is 9.96. The highest BCUT2D eigenvalue weighted by Crippen LogP contribution is 2.18. The van der Waals surface area contributed by atoms with E-state index in [1.165, 1.54) is 116 Å². The first-order valence-electron chi connectivity index (χ1n) is 11.8. The van der Waals surface area contributed by atoms with Crippen molar-refractivity contribution in [2.75, 3.05) is 7.11 Å². The lowest BCUT2D eigenvalue weighted by Crippen LogP contribution is -1.99. The average Bonchev–Trinajstić information content (AvgIpc) is 2.65. The summed E-state index contributed by atoms with van der Waals surface area (Å²) in [7, 11) is 1.47. The Bertz CT molecular complexity index is 288. The van der Waals surface area contributed by atoms with Gasteiger partial charge < -0.3 is 4.74 Å². The van der Waals surface area contributed by atoms with Crippen LogP contribution in [0.3, 0.4) is 0 Å². The predicted molar refractivity (Wildman–Crippen MR) is 115 cm³/mol. The molecule has 0 rings (SSSR count). The normalized spacial score (nSPS) is 12.3. The monoisotopic (exact) mass is 368 g/mol. The molecule has 0 aromatic rings. The van der Waals surface area contributed by atoms with Crippen molar-refractivity contribution in [1.82, 2.24) is 0 Å². The maximum atomic E-state index is 11.0. The molecule has 0 bridgehead atoms. The van der Waals surface area contributed by atoms with E-state index in [0.29, 0.717) is 6.42 Å². The van der Waals surface area contributed by atoms with E-state index in [4.69, 9.17) is 0 Å². The third-order valence-corrected chi connectivity index (χ3v) is 5.61. The topological polar surface area (TPSA) is 26.3 Å². The van der Waals surface area contributed by atoms with Gasteiger partial charge >= 0.3 is 5.97 Å². The van der Waals surface area contributed by atoms with E-state index in [2.05, 4.69) is 18.6 Å². The van der Waals surface area contributed by atoms with Gasteiger partial charge in [0.2, 0.25) is 0 Å². The molecule has 156 valence electrons. The number of hydrogen-bond acceptors (Lipinski definition) is 2. The van der Waals surface area contributed by atoms with Crippen molar-refractivity contribution in [3.05, 3.63) is 0 Å². The lowest BCUT2D eigenvalue weighted by molar-refractivity contribution is -0.140. The molecule has 0 fully saturated rings. The van der Waals surface area contributed by atoms with Crippen molar-refractivity contribution >= 4 is 5.97 Å². The van der Waals surface area contributed by atoms with E-state index in [9.17, 15) is 4.79 Å². The molecule has 2 nitrogen and oxygen atoms in total. The summed E-state index contributed by atoms with van der Waals surface area (Å²) in [6.45, 7) is 4.74. The first-order valence-corrected chi connectivity index (χ1v) is 11.8. The molecule has 0 radical (unpaired) electrons. The van der Waals surface area contributed by atoms with Crippen LogP contribution in [0, 0.1) is 5.92 Å². The molecule has 0 amide bonds. The summed E-state index contributed by atoms with van der Waals surface area (Å²) in [6, 6.07) is 0. The summed E-state index contributed by atoms with van der Waals surface area (Å²) in [5.41, 5.74) is 0. The zero-order chi connectivity index (χ0) is 19.3. The number of methoxy groups -OCH3 is 1. The molecular weight excluding hydrogens is 320 g/mol. The van der Waals surface area contributed by atoms with Gasteiger partial charge in [0.05, 0.1) is 7.11 Å². The van der Waals surface area contributed by atoms with Crippen molar-refractivity contribution < 1.29 is 9.53 Å². The highest BCUT2D eigenvalue weighted by Gasteiger charge is 2.02. The standard InChI is InChI=1S/C24H48O2/c1-4-5-6-14-17-20-23(2)21-18-15-12-10-8-7-9-11-13-16-19-22-24(25)26-3/h23H,4-22H2,1-3H3. The fraction of sp³-hybridized carbons (Fsp3) is 0.958. The smallest absolute Gasteiger partial charge is 0.305 e. The number of unbranched alkanes of at least 4 members (excludes halogenated alkanes) is 14. The third-order valence-electron chi connectivity index (χ3n) is 5.61. The summed E-state index contributed by atoms with van der Waals surface area (Å²) in [4.78, 5) is 11.0. The largest absolute Gasteiger partial charge is 0.469 e. The summed E-state index contributed by atoms with van der Waals surface area (Å²) in [6.07, 6.45) is 25.3. The van der Waals surface area contributed by atoms with Gasteiger partial charge in [-0.15, -0.1) is 0 Å². The maximum absolute atomic E-state index is 11.0. The summed E-state index contributed by atoms with van der Waals surface area (Å²) in [5, 5.41) is 0. The number of carbonyl (C=O) groups is 1. The van der Waals surface area contributed by atoms with Gasteiger partial charge in [0, 0.05) is 6.42 Å². The Morgan fingerprint density at radius 1 is 0.654 bits per heavy atom. The quantitative estimate of drug-likeness (QED) is 0.160. The predicted octanol–water partition coefficient (Wildman–Crippen LogP) is 8.23. The number of carbonyl (C=O) groups excluding carboxylic acids is 1. The fourth-order valence-electron chi connectivity index (χ4n) is 3.70. The molecule has 0 aliphatic carbocycles. The van der Waals surface area contributed by atoms with E-state index in [1.54, 1.807) is 0 Å². The Morgan fingerprint density at radius 3 is 1.46 bits per heavy atom. The molecule has 0 aliphatic heterocycles. The molecule has 2 heteroatoms. The zero-order valence-corrected chi connectivity index (χ0v) is 18.3. The second-order valence-electron chi connectivity index (χ2n) is 8.31. The molecule has 0 saturated carbocycles. The molecular formula is C24H48O2. The Balaban J connectivity index is 3.13. The lowest BCUT2D eigenvalue weighted by Gasteiger charge is -2.11. The molecule has 0 N–H and O–H groups in total.